The number of benzene rings is 2. The number of aromatic carboxylic acids is 1. The number of furan rings is 1. The van der Waals surface area contributed by atoms with Crippen LogP contribution in [0.25, 0.3) is 11.3 Å². The standard InChI is InChI=1S/C21H17ClN2O4S/c1-2-12-3-5-13(6-4-12)19(25)24-21(29)23-16-11-14(7-8-15(16)22)17-9-10-18(28-17)20(26)27/h3-11H,2H2,1H3,(H,26,27)(H2,23,24,25,29). The van der Waals surface area contributed by atoms with Crippen molar-refractivity contribution < 1.29 is 19.1 Å². The van der Waals surface area contributed by atoms with Gasteiger partial charge in [-0.1, -0.05) is 30.7 Å². The summed E-state index contributed by atoms with van der Waals surface area (Å²) in [6.45, 7) is 2.04. The molecule has 0 saturated heterocycles. The first kappa shape index (κ1) is 20.6. The number of carbonyl (C=O) groups excluding carboxylic acids is 1. The third-order valence-electron chi connectivity index (χ3n) is 4.17. The molecule has 0 bridgehead atoms. The number of aryl methyl sites for hydroxylation is 1. The molecular formula is C21H17ClN2O4S. The fraction of sp³-hybridized carbons (Fsp3) is 0.0952. The van der Waals surface area contributed by atoms with Gasteiger partial charge in [0.1, 0.15) is 5.76 Å². The third-order valence-corrected chi connectivity index (χ3v) is 4.70. The van der Waals surface area contributed by atoms with Crippen molar-refractivity contribution in [3.05, 3.63) is 76.5 Å². The van der Waals surface area contributed by atoms with E-state index in [9.17, 15) is 9.59 Å². The Morgan fingerprint density at radius 3 is 2.45 bits per heavy atom. The van der Waals surface area contributed by atoms with E-state index in [0.29, 0.717) is 27.6 Å². The first-order chi connectivity index (χ1) is 13.9. The monoisotopic (exact) mass is 428 g/mol. The number of carboxylic acids is 1. The molecule has 148 valence electrons. The molecule has 1 amide bonds. The van der Waals surface area contributed by atoms with Crippen molar-refractivity contribution in [1.29, 1.82) is 0 Å². The lowest BCUT2D eigenvalue weighted by molar-refractivity contribution is 0.0663. The van der Waals surface area contributed by atoms with Crippen molar-refractivity contribution in [2.75, 3.05) is 5.32 Å². The van der Waals surface area contributed by atoms with Gasteiger partial charge in [0.2, 0.25) is 5.76 Å². The molecule has 2 aromatic carbocycles. The van der Waals surface area contributed by atoms with Gasteiger partial charge in [-0.15, -0.1) is 0 Å². The van der Waals surface area contributed by atoms with E-state index in [1.54, 1.807) is 36.4 Å². The lowest BCUT2D eigenvalue weighted by atomic mass is 10.1. The highest BCUT2D eigenvalue weighted by Gasteiger charge is 2.13. The lowest BCUT2D eigenvalue weighted by Crippen LogP contribution is -2.34. The lowest BCUT2D eigenvalue weighted by Gasteiger charge is -2.12. The summed E-state index contributed by atoms with van der Waals surface area (Å²) in [5.41, 5.74) is 2.68. The highest BCUT2D eigenvalue weighted by atomic mass is 35.5. The maximum Gasteiger partial charge on any atom is 0.371 e. The number of carbonyl (C=O) groups is 2. The van der Waals surface area contributed by atoms with Crippen LogP contribution in [0.3, 0.4) is 0 Å². The zero-order valence-corrected chi connectivity index (χ0v) is 16.9. The Hall–Kier alpha value is -3.16. The second-order valence-electron chi connectivity index (χ2n) is 6.12. The van der Waals surface area contributed by atoms with Gasteiger partial charge in [-0.2, -0.15) is 0 Å². The Morgan fingerprint density at radius 1 is 1.10 bits per heavy atom. The van der Waals surface area contributed by atoms with Gasteiger partial charge in [0.05, 0.1) is 10.7 Å². The predicted octanol–water partition coefficient (Wildman–Crippen LogP) is 4.99. The normalized spacial score (nSPS) is 10.4. The quantitative estimate of drug-likeness (QED) is 0.496. The molecular weight excluding hydrogens is 412 g/mol. The van der Waals surface area contributed by atoms with E-state index in [1.807, 2.05) is 19.1 Å². The van der Waals surface area contributed by atoms with Crippen LogP contribution in [0.4, 0.5) is 5.69 Å². The van der Waals surface area contributed by atoms with Crippen molar-refractivity contribution in [2.45, 2.75) is 13.3 Å². The molecule has 3 rings (SSSR count). The van der Waals surface area contributed by atoms with Crippen LogP contribution in [0.2, 0.25) is 5.02 Å². The number of anilines is 1. The summed E-state index contributed by atoms with van der Waals surface area (Å²) in [6, 6.07) is 15.1. The van der Waals surface area contributed by atoms with E-state index in [-0.39, 0.29) is 16.8 Å². The Kier molecular flexibility index (Phi) is 6.31. The minimum absolute atomic E-state index is 0.0827. The molecule has 0 saturated carbocycles. The molecule has 1 heterocycles. The van der Waals surface area contributed by atoms with E-state index in [2.05, 4.69) is 10.6 Å². The van der Waals surface area contributed by atoms with E-state index >= 15 is 0 Å². The van der Waals surface area contributed by atoms with Gasteiger partial charge in [-0.05, 0) is 66.7 Å². The average Bonchev–Trinajstić information content (AvgIpc) is 3.20. The largest absolute Gasteiger partial charge is 0.475 e. The topological polar surface area (TPSA) is 91.6 Å². The minimum Gasteiger partial charge on any atom is -0.475 e. The van der Waals surface area contributed by atoms with Gasteiger partial charge in [-0.3, -0.25) is 10.1 Å². The summed E-state index contributed by atoms with van der Waals surface area (Å²) in [4.78, 5) is 23.3. The number of halogens is 1. The molecule has 0 aliphatic rings. The van der Waals surface area contributed by atoms with Gasteiger partial charge in [0.25, 0.3) is 5.91 Å². The van der Waals surface area contributed by atoms with Gasteiger partial charge in [-0.25, -0.2) is 4.79 Å². The van der Waals surface area contributed by atoms with Crippen LogP contribution in [0.1, 0.15) is 33.4 Å². The number of rotatable bonds is 5. The SMILES string of the molecule is CCc1ccc(C(=O)NC(=S)Nc2cc(-c3ccc(C(=O)O)o3)ccc2Cl)cc1. The minimum atomic E-state index is -1.15. The van der Waals surface area contributed by atoms with Gasteiger partial charge in [0, 0.05) is 11.1 Å². The highest BCUT2D eigenvalue weighted by molar-refractivity contribution is 7.80. The first-order valence-electron chi connectivity index (χ1n) is 8.71. The Balaban J connectivity index is 1.72. The Labute approximate surface area is 177 Å². The first-order valence-corrected chi connectivity index (χ1v) is 9.50. The van der Waals surface area contributed by atoms with Crippen molar-refractivity contribution in [3.63, 3.8) is 0 Å². The molecule has 0 atom stereocenters. The number of thiocarbonyl (C=S) groups is 1. The summed E-state index contributed by atoms with van der Waals surface area (Å²) >= 11 is 11.4. The summed E-state index contributed by atoms with van der Waals surface area (Å²) in [5, 5.41) is 14.9. The number of hydrogen-bond acceptors (Lipinski definition) is 4. The van der Waals surface area contributed by atoms with Crippen molar-refractivity contribution in [1.82, 2.24) is 5.32 Å². The summed E-state index contributed by atoms with van der Waals surface area (Å²) in [5.74, 6) is -1.29. The second-order valence-corrected chi connectivity index (χ2v) is 6.94. The molecule has 1 aromatic heterocycles. The Morgan fingerprint density at radius 2 is 1.83 bits per heavy atom. The van der Waals surface area contributed by atoms with Crippen LogP contribution in [-0.4, -0.2) is 22.1 Å². The zero-order chi connectivity index (χ0) is 21.0. The molecule has 0 unspecified atom stereocenters. The summed E-state index contributed by atoms with van der Waals surface area (Å²) in [7, 11) is 0. The summed E-state index contributed by atoms with van der Waals surface area (Å²) in [6.07, 6.45) is 0.889. The van der Waals surface area contributed by atoms with Crippen molar-refractivity contribution in [2.24, 2.45) is 0 Å². The fourth-order valence-electron chi connectivity index (χ4n) is 2.60. The van der Waals surface area contributed by atoms with Crippen LogP contribution in [0, 0.1) is 0 Å². The molecule has 3 aromatic rings. The number of hydrogen-bond donors (Lipinski definition) is 3. The van der Waals surface area contributed by atoms with E-state index in [1.165, 1.54) is 6.07 Å². The average molecular weight is 429 g/mol. The van der Waals surface area contributed by atoms with Crippen LogP contribution in [0.15, 0.2) is 59.0 Å². The molecule has 0 aliphatic heterocycles. The van der Waals surface area contributed by atoms with Crippen molar-refractivity contribution >= 4 is 46.5 Å². The molecule has 29 heavy (non-hydrogen) atoms. The zero-order valence-electron chi connectivity index (χ0n) is 15.4. The van der Waals surface area contributed by atoms with E-state index in [4.69, 9.17) is 33.3 Å². The molecule has 0 fully saturated rings. The van der Waals surface area contributed by atoms with Gasteiger partial charge < -0.3 is 14.8 Å². The molecule has 0 aliphatic carbocycles. The fourth-order valence-corrected chi connectivity index (χ4v) is 2.97. The van der Waals surface area contributed by atoms with Gasteiger partial charge in [0.15, 0.2) is 5.11 Å². The molecule has 8 heteroatoms. The smallest absolute Gasteiger partial charge is 0.371 e. The molecule has 6 nitrogen and oxygen atoms in total. The molecule has 3 N–H and O–H groups in total. The number of amides is 1. The van der Waals surface area contributed by atoms with Crippen LogP contribution in [-0.2, 0) is 6.42 Å². The van der Waals surface area contributed by atoms with Crippen LogP contribution in [0.5, 0.6) is 0 Å². The van der Waals surface area contributed by atoms with Crippen LogP contribution >= 0.6 is 23.8 Å². The van der Waals surface area contributed by atoms with Gasteiger partial charge >= 0.3 is 5.97 Å². The second kappa shape index (κ2) is 8.89. The van der Waals surface area contributed by atoms with Crippen LogP contribution < -0.4 is 10.6 Å². The maximum absolute atomic E-state index is 12.3. The van der Waals surface area contributed by atoms with Crippen molar-refractivity contribution in [3.8, 4) is 11.3 Å². The summed E-state index contributed by atoms with van der Waals surface area (Å²) < 4.78 is 5.30. The Bertz CT molecular complexity index is 1080. The third kappa shape index (κ3) is 5.01. The molecule has 0 spiro atoms. The maximum atomic E-state index is 12.3. The number of carboxylic acid groups (broad SMARTS) is 1. The predicted molar refractivity (Wildman–Crippen MR) is 116 cm³/mol. The molecule has 0 radical (unpaired) electrons. The van der Waals surface area contributed by atoms with E-state index in [0.717, 1.165) is 12.0 Å². The highest BCUT2D eigenvalue weighted by Crippen LogP contribution is 2.30. The number of nitrogens with one attached hydrogen (secondary N) is 2. The van der Waals surface area contributed by atoms with E-state index < -0.39 is 5.97 Å².